The van der Waals surface area contributed by atoms with Crippen LogP contribution in [0.2, 0.25) is 0 Å². The summed E-state index contributed by atoms with van der Waals surface area (Å²) in [6.45, 7) is 0.0977. The summed E-state index contributed by atoms with van der Waals surface area (Å²) < 4.78 is 15.8. The fraction of sp³-hybridized carbons (Fsp3) is 0.231. The Bertz CT molecular complexity index is 1500. The maximum absolute atomic E-state index is 13.1. The number of carbonyl (C=O) groups excluding carboxylic acids is 6. The standard InChI is InChI=1S/C39H39N3O9/c43-34-22-31(16-19-37(46)49-25-28-10-4-1-5-11-28)40-35(44)23-32(17-20-38(47)50-26-29-12-6-2-7-13-29)42-36(45)24-33(41-34)18-21-39(48)51-27-30-14-8-3-9-15-30/h1-21,31-33H,22-27H2,(H,40,44)(H,41,43)(H,42,45)/b19-16+,20-17+,21-18+. The lowest BCUT2D eigenvalue weighted by Crippen LogP contribution is -2.47. The van der Waals surface area contributed by atoms with E-state index in [4.69, 9.17) is 14.2 Å². The molecule has 3 aromatic rings. The van der Waals surface area contributed by atoms with Gasteiger partial charge in [-0.15, -0.1) is 0 Å². The first-order valence-corrected chi connectivity index (χ1v) is 16.3. The summed E-state index contributed by atoms with van der Waals surface area (Å²) in [4.78, 5) is 76.6. The van der Waals surface area contributed by atoms with Crippen LogP contribution in [0.15, 0.2) is 127 Å². The van der Waals surface area contributed by atoms with Gasteiger partial charge < -0.3 is 30.2 Å². The van der Waals surface area contributed by atoms with Gasteiger partial charge in [-0.05, 0) is 16.7 Å². The van der Waals surface area contributed by atoms with Crippen molar-refractivity contribution in [1.29, 1.82) is 0 Å². The first-order chi connectivity index (χ1) is 24.7. The average Bonchev–Trinajstić information content (AvgIpc) is 3.13. The minimum absolute atomic E-state index is 0.0326. The second-order valence-corrected chi connectivity index (χ2v) is 11.5. The zero-order valence-corrected chi connectivity index (χ0v) is 27.8. The number of esters is 3. The Hall–Kier alpha value is -6.30. The second kappa shape index (κ2) is 20.3. The Balaban J connectivity index is 1.45. The molecule has 1 aliphatic heterocycles. The summed E-state index contributed by atoms with van der Waals surface area (Å²) in [6, 6.07) is 24.3. The summed E-state index contributed by atoms with van der Waals surface area (Å²) in [7, 11) is 0. The van der Waals surface area contributed by atoms with Crippen molar-refractivity contribution >= 4 is 35.6 Å². The number of ether oxygens (including phenoxy) is 3. The summed E-state index contributed by atoms with van der Waals surface area (Å²) >= 11 is 0. The molecule has 1 heterocycles. The van der Waals surface area contributed by atoms with Gasteiger partial charge in [0.15, 0.2) is 0 Å². The van der Waals surface area contributed by atoms with Crippen LogP contribution in [0.4, 0.5) is 0 Å². The lowest BCUT2D eigenvalue weighted by molar-refractivity contribution is -0.139. The highest BCUT2D eigenvalue weighted by Gasteiger charge is 2.23. The third-order valence-electron chi connectivity index (χ3n) is 7.32. The van der Waals surface area contributed by atoms with E-state index in [1.165, 1.54) is 18.2 Å². The van der Waals surface area contributed by atoms with E-state index in [0.717, 1.165) is 34.9 Å². The summed E-state index contributed by atoms with van der Waals surface area (Å²) in [5, 5.41) is 8.05. The minimum atomic E-state index is -0.946. The van der Waals surface area contributed by atoms with Crippen LogP contribution in [-0.4, -0.2) is 53.8 Å². The summed E-state index contributed by atoms with van der Waals surface area (Å²) in [5.74, 6) is -3.76. The van der Waals surface area contributed by atoms with Gasteiger partial charge in [0, 0.05) is 18.2 Å². The van der Waals surface area contributed by atoms with Gasteiger partial charge in [0.25, 0.3) is 0 Å². The Kier molecular flexibility index (Phi) is 14.9. The quantitative estimate of drug-likeness (QED) is 0.146. The fourth-order valence-corrected chi connectivity index (χ4v) is 4.81. The van der Waals surface area contributed by atoms with E-state index >= 15 is 0 Å². The highest BCUT2D eigenvalue weighted by atomic mass is 16.5. The zero-order chi connectivity index (χ0) is 36.3. The SMILES string of the molecule is O=C1CC(/C=C/C(=O)OCc2ccccc2)NC(=O)CC(/C=C/C(=O)OCc2ccccc2)NC(=O)CC(/C=C/C(=O)OCc2ccccc2)N1. The molecule has 3 aromatic carbocycles. The number of hydrogen-bond donors (Lipinski definition) is 3. The smallest absolute Gasteiger partial charge is 0.330 e. The molecule has 0 spiro atoms. The van der Waals surface area contributed by atoms with Gasteiger partial charge in [-0.25, -0.2) is 14.4 Å². The molecular weight excluding hydrogens is 654 g/mol. The third-order valence-corrected chi connectivity index (χ3v) is 7.32. The molecule has 3 atom stereocenters. The van der Waals surface area contributed by atoms with E-state index < -0.39 is 53.8 Å². The van der Waals surface area contributed by atoms with Crippen LogP contribution in [0.5, 0.6) is 0 Å². The number of hydrogen-bond acceptors (Lipinski definition) is 9. The molecule has 0 aliphatic carbocycles. The molecule has 3 amide bonds. The molecule has 1 saturated heterocycles. The normalized spacial score (nSPS) is 18.6. The van der Waals surface area contributed by atoms with Crippen molar-refractivity contribution in [2.45, 2.75) is 57.2 Å². The maximum Gasteiger partial charge on any atom is 0.330 e. The number of carbonyl (C=O) groups is 6. The lowest BCUT2D eigenvalue weighted by Gasteiger charge is -2.23. The molecule has 1 fully saturated rings. The van der Waals surface area contributed by atoms with Crippen LogP contribution < -0.4 is 16.0 Å². The minimum Gasteiger partial charge on any atom is -0.458 e. The fourth-order valence-electron chi connectivity index (χ4n) is 4.81. The van der Waals surface area contributed by atoms with Crippen molar-refractivity contribution in [1.82, 2.24) is 16.0 Å². The van der Waals surface area contributed by atoms with Gasteiger partial charge in [0.2, 0.25) is 17.7 Å². The van der Waals surface area contributed by atoms with Crippen molar-refractivity contribution in [2.75, 3.05) is 0 Å². The molecule has 51 heavy (non-hydrogen) atoms. The molecule has 3 unspecified atom stereocenters. The Morgan fingerprint density at radius 2 is 0.725 bits per heavy atom. The van der Waals surface area contributed by atoms with Crippen molar-refractivity contribution in [3.63, 3.8) is 0 Å². The predicted octanol–water partition coefficient (Wildman–Crippen LogP) is 3.52. The van der Waals surface area contributed by atoms with Crippen molar-refractivity contribution < 1.29 is 43.0 Å². The molecular formula is C39H39N3O9. The van der Waals surface area contributed by atoms with Crippen LogP contribution in [0, 0.1) is 0 Å². The van der Waals surface area contributed by atoms with E-state index in [2.05, 4.69) is 16.0 Å². The maximum atomic E-state index is 13.1. The third kappa shape index (κ3) is 14.8. The van der Waals surface area contributed by atoms with Gasteiger partial charge in [-0.1, -0.05) is 109 Å². The van der Waals surface area contributed by atoms with Crippen molar-refractivity contribution in [2.24, 2.45) is 0 Å². The molecule has 4 rings (SSSR count). The van der Waals surface area contributed by atoms with E-state index in [9.17, 15) is 28.8 Å². The van der Waals surface area contributed by atoms with Gasteiger partial charge in [-0.3, -0.25) is 14.4 Å². The monoisotopic (exact) mass is 693 g/mol. The van der Waals surface area contributed by atoms with E-state index in [-0.39, 0.29) is 39.1 Å². The first kappa shape index (κ1) is 37.5. The molecule has 0 bridgehead atoms. The van der Waals surface area contributed by atoms with Crippen LogP contribution in [0.3, 0.4) is 0 Å². The second-order valence-electron chi connectivity index (χ2n) is 11.5. The average molecular weight is 694 g/mol. The highest BCUT2D eigenvalue weighted by molar-refractivity contribution is 5.87. The Morgan fingerprint density at radius 3 is 0.980 bits per heavy atom. The number of nitrogens with one attached hydrogen (secondary N) is 3. The van der Waals surface area contributed by atoms with Crippen LogP contribution in [0.1, 0.15) is 36.0 Å². The van der Waals surface area contributed by atoms with Gasteiger partial charge in [-0.2, -0.15) is 0 Å². The predicted molar refractivity (Wildman–Crippen MR) is 186 cm³/mol. The zero-order valence-electron chi connectivity index (χ0n) is 27.8. The highest BCUT2D eigenvalue weighted by Crippen LogP contribution is 2.08. The van der Waals surface area contributed by atoms with Crippen LogP contribution >= 0.6 is 0 Å². The molecule has 12 nitrogen and oxygen atoms in total. The number of rotatable bonds is 12. The molecule has 3 N–H and O–H groups in total. The van der Waals surface area contributed by atoms with E-state index in [1.54, 1.807) is 36.4 Å². The van der Waals surface area contributed by atoms with E-state index in [1.807, 2.05) is 54.6 Å². The largest absolute Gasteiger partial charge is 0.458 e. The molecule has 1 aliphatic rings. The topological polar surface area (TPSA) is 166 Å². The van der Waals surface area contributed by atoms with Crippen molar-refractivity contribution in [3.8, 4) is 0 Å². The molecule has 12 heteroatoms. The Morgan fingerprint density at radius 1 is 0.471 bits per heavy atom. The summed E-state index contributed by atoms with van der Waals surface area (Å²) in [5.41, 5.74) is 2.35. The van der Waals surface area contributed by atoms with Crippen LogP contribution in [-0.2, 0) is 62.8 Å². The lowest BCUT2D eigenvalue weighted by atomic mass is 10.1. The number of amides is 3. The van der Waals surface area contributed by atoms with Crippen LogP contribution in [0.25, 0.3) is 0 Å². The van der Waals surface area contributed by atoms with Crippen molar-refractivity contribution in [3.05, 3.63) is 144 Å². The number of benzene rings is 3. The Labute approximate surface area is 295 Å². The first-order valence-electron chi connectivity index (χ1n) is 16.3. The van der Waals surface area contributed by atoms with Gasteiger partial charge in [0.05, 0.1) is 37.4 Å². The van der Waals surface area contributed by atoms with Gasteiger partial charge >= 0.3 is 17.9 Å². The summed E-state index contributed by atoms with van der Waals surface area (Å²) in [6.07, 6.45) is 6.48. The van der Waals surface area contributed by atoms with E-state index in [0.29, 0.717) is 0 Å². The molecule has 0 aromatic heterocycles. The van der Waals surface area contributed by atoms with Gasteiger partial charge in [0.1, 0.15) is 19.8 Å². The molecule has 0 radical (unpaired) electrons. The molecule has 0 saturated carbocycles. The molecule has 264 valence electrons.